The molecule has 1 aromatic heterocycles. The predicted molar refractivity (Wildman–Crippen MR) is 134 cm³/mol. The molecule has 3 aromatic carbocycles. The minimum absolute atomic E-state index is 0.0680. The zero-order valence-electron chi connectivity index (χ0n) is 18.1. The third-order valence-corrected chi connectivity index (χ3v) is 6.80. The molecule has 170 valence electrons. The van der Waals surface area contributed by atoms with Crippen LogP contribution < -0.4 is 0 Å². The van der Waals surface area contributed by atoms with E-state index >= 15 is 0 Å². The lowest BCUT2D eigenvalue weighted by atomic mass is 10.1. The number of hydrogen-bond acceptors (Lipinski definition) is 3. The summed E-state index contributed by atoms with van der Waals surface area (Å²) < 4.78 is 2.14. The summed E-state index contributed by atoms with van der Waals surface area (Å²) in [6.07, 6.45) is -0.550. The molecular formula is C26H25Cl2N3O2. The van der Waals surface area contributed by atoms with Crippen LogP contribution in [0.2, 0.25) is 10.0 Å². The standard InChI is InChI=1S/C26H25Cl2N3O2/c27-19-6-8-24-22(14-19)23-15-20(28)7-9-25(23)31(24)17-21(32)16-29-10-12-30(13-11-29)26(33)18-4-2-1-3-5-18/h1-9,14-15,21,32H,10-13,16-17H2. The van der Waals surface area contributed by atoms with Crippen LogP contribution in [-0.4, -0.2) is 64.2 Å². The number of fused-ring (bicyclic) bond motifs is 3. The fourth-order valence-electron chi connectivity index (χ4n) is 4.71. The molecule has 33 heavy (non-hydrogen) atoms. The Labute approximate surface area is 202 Å². The third kappa shape index (κ3) is 4.59. The summed E-state index contributed by atoms with van der Waals surface area (Å²) in [4.78, 5) is 16.8. The summed E-state index contributed by atoms with van der Waals surface area (Å²) in [6.45, 7) is 3.82. The van der Waals surface area contributed by atoms with Crippen LogP contribution in [0.1, 0.15) is 10.4 Å². The number of amides is 1. The summed E-state index contributed by atoms with van der Waals surface area (Å²) >= 11 is 12.5. The molecule has 0 spiro atoms. The maximum absolute atomic E-state index is 12.7. The van der Waals surface area contributed by atoms with Crippen molar-refractivity contribution in [2.24, 2.45) is 0 Å². The first-order valence-electron chi connectivity index (χ1n) is 11.1. The Kier molecular flexibility index (Phi) is 6.30. The molecule has 7 heteroatoms. The van der Waals surface area contributed by atoms with Crippen molar-refractivity contribution >= 4 is 50.9 Å². The molecule has 1 N–H and O–H groups in total. The van der Waals surface area contributed by atoms with Gasteiger partial charge in [-0.15, -0.1) is 0 Å². The molecule has 1 aliphatic heterocycles. The molecule has 1 saturated heterocycles. The maximum Gasteiger partial charge on any atom is 0.253 e. The number of aliphatic hydroxyl groups excluding tert-OH is 1. The minimum atomic E-state index is -0.550. The Bertz CT molecular complexity index is 1240. The number of aromatic nitrogens is 1. The Morgan fingerprint density at radius 2 is 1.39 bits per heavy atom. The van der Waals surface area contributed by atoms with E-state index in [1.165, 1.54) is 0 Å². The monoisotopic (exact) mass is 481 g/mol. The van der Waals surface area contributed by atoms with Gasteiger partial charge in [-0.1, -0.05) is 41.4 Å². The van der Waals surface area contributed by atoms with Gasteiger partial charge in [0.1, 0.15) is 0 Å². The molecule has 1 aliphatic rings. The van der Waals surface area contributed by atoms with E-state index in [4.69, 9.17) is 23.2 Å². The highest BCUT2D eigenvalue weighted by molar-refractivity contribution is 6.33. The first-order chi connectivity index (χ1) is 16.0. The van der Waals surface area contributed by atoms with Gasteiger partial charge >= 0.3 is 0 Å². The second-order valence-corrected chi connectivity index (χ2v) is 9.42. The molecule has 0 bridgehead atoms. The molecular weight excluding hydrogens is 457 g/mol. The summed E-state index contributed by atoms with van der Waals surface area (Å²) in [6, 6.07) is 21.0. The van der Waals surface area contributed by atoms with Gasteiger partial charge in [-0.05, 0) is 48.5 Å². The van der Waals surface area contributed by atoms with Crippen molar-refractivity contribution in [1.82, 2.24) is 14.4 Å². The molecule has 4 aromatic rings. The second kappa shape index (κ2) is 9.35. The Morgan fingerprint density at radius 3 is 1.97 bits per heavy atom. The van der Waals surface area contributed by atoms with E-state index in [1.807, 2.05) is 71.6 Å². The van der Waals surface area contributed by atoms with Gasteiger partial charge in [0, 0.05) is 70.1 Å². The van der Waals surface area contributed by atoms with Crippen LogP contribution in [0, 0.1) is 0 Å². The summed E-state index contributed by atoms with van der Waals surface area (Å²) in [5.41, 5.74) is 2.76. The molecule has 0 saturated carbocycles. The van der Waals surface area contributed by atoms with Gasteiger partial charge in [0.25, 0.3) is 5.91 Å². The van der Waals surface area contributed by atoms with E-state index in [-0.39, 0.29) is 5.91 Å². The van der Waals surface area contributed by atoms with E-state index in [0.29, 0.717) is 36.2 Å². The third-order valence-electron chi connectivity index (χ3n) is 6.33. The molecule has 5 nitrogen and oxygen atoms in total. The van der Waals surface area contributed by atoms with E-state index in [1.54, 1.807) is 0 Å². The van der Waals surface area contributed by atoms with Gasteiger partial charge in [0.2, 0.25) is 0 Å². The molecule has 1 atom stereocenters. The average Bonchev–Trinajstić information content (AvgIpc) is 3.11. The molecule has 2 heterocycles. The quantitative estimate of drug-likeness (QED) is 0.440. The Balaban J connectivity index is 1.27. The van der Waals surface area contributed by atoms with Crippen LogP contribution in [0.4, 0.5) is 0 Å². The number of aliphatic hydroxyl groups is 1. The van der Waals surface area contributed by atoms with Crippen molar-refractivity contribution in [2.45, 2.75) is 12.6 Å². The summed E-state index contributed by atoms with van der Waals surface area (Å²) in [5.74, 6) is 0.0680. The lowest BCUT2D eigenvalue weighted by molar-refractivity contribution is 0.0503. The Morgan fingerprint density at radius 1 is 0.818 bits per heavy atom. The van der Waals surface area contributed by atoms with Gasteiger partial charge < -0.3 is 14.6 Å². The number of piperazine rings is 1. The smallest absolute Gasteiger partial charge is 0.253 e. The number of nitrogens with zero attached hydrogens (tertiary/aromatic N) is 3. The second-order valence-electron chi connectivity index (χ2n) is 8.55. The van der Waals surface area contributed by atoms with Crippen LogP contribution in [0.5, 0.6) is 0 Å². The lowest BCUT2D eigenvalue weighted by Gasteiger charge is -2.35. The zero-order valence-corrected chi connectivity index (χ0v) is 19.6. The predicted octanol–water partition coefficient (Wildman–Crippen LogP) is 4.92. The fourth-order valence-corrected chi connectivity index (χ4v) is 5.05. The first kappa shape index (κ1) is 22.2. The van der Waals surface area contributed by atoms with Crippen LogP contribution in [-0.2, 0) is 6.54 Å². The van der Waals surface area contributed by atoms with Gasteiger partial charge in [0.15, 0.2) is 0 Å². The van der Waals surface area contributed by atoms with Crippen molar-refractivity contribution in [1.29, 1.82) is 0 Å². The van der Waals surface area contributed by atoms with Crippen LogP contribution in [0.25, 0.3) is 21.8 Å². The lowest BCUT2D eigenvalue weighted by Crippen LogP contribution is -2.50. The number of rotatable bonds is 5. The molecule has 1 amide bonds. The van der Waals surface area contributed by atoms with E-state index in [2.05, 4.69) is 9.47 Å². The highest BCUT2D eigenvalue weighted by Crippen LogP contribution is 2.33. The molecule has 0 aliphatic carbocycles. The summed E-state index contributed by atoms with van der Waals surface area (Å²) in [7, 11) is 0. The van der Waals surface area contributed by atoms with Crippen molar-refractivity contribution < 1.29 is 9.90 Å². The van der Waals surface area contributed by atoms with Gasteiger partial charge in [-0.3, -0.25) is 9.69 Å². The maximum atomic E-state index is 12.7. The number of carbonyl (C=O) groups excluding carboxylic acids is 1. The fraction of sp³-hybridized carbons (Fsp3) is 0.269. The highest BCUT2D eigenvalue weighted by atomic mass is 35.5. The van der Waals surface area contributed by atoms with Crippen LogP contribution >= 0.6 is 23.2 Å². The molecule has 1 fully saturated rings. The van der Waals surface area contributed by atoms with E-state index < -0.39 is 6.10 Å². The molecule has 1 unspecified atom stereocenters. The zero-order chi connectivity index (χ0) is 22.9. The number of benzene rings is 3. The molecule has 0 radical (unpaired) electrons. The Hall–Kier alpha value is -2.57. The number of hydrogen-bond donors (Lipinski definition) is 1. The van der Waals surface area contributed by atoms with E-state index in [9.17, 15) is 9.90 Å². The normalized spacial score (nSPS) is 15.9. The van der Waals surface area contributed by atoms with Crippen molar-refractivity contribution in [3.63, 3.8) is 0 Å². The first-order valence-corrected chi connectivity index (χ1v) is 11.9. The SMILES string of the molecule is O=C(c1ccccc1)N1CCN(CC(O)Cn2c3ccc(Cl)cc3c3cc(Cl)ccc32)CC1. The summed E-state index contributed by atoms with van der Waals surface area (Å²) in [5, 5.41) is 14.4. The van der Waals surface area contributed by atoms with Crippen LogP contribution in [0.15, 0.2) is 66.7 Å². The van der Waals surface area contributed by atoms with Crippen LogP contribution in [0.3, 0.4) is 0 Å². The van der Waals surface area contributed by atoms with E-state index in [0.717, 1.165) is 40.5 Å². The minimum Gasteiger partial charge on any atom is -0.390 e. The van der Waals surface area contributed by atoms with Crippen molar-refractivity contribution in [3.8, 4) is 0 Å². The van der Waals surface area contributed by atoms with Gasteiger partial charge in [-0.2, -0.15) is 0 Å². The topological polar surface area (TPSA) is 48.7 Å². The highest BCUT2D eigenvalue weighted by Gasteiger charge is 2.24. The van der Waals surface area contributed by atoms with Gasteiger partial charge in [-0.25, -0.2) is 0 Å². The van der Waals surface area contributed by atoms with Crippen molar-refractivity contribution in [2.75, 3.05) is 32.7 Å². The number of halogens is 2. The van der Waals surface area contributed by atoms with Gasteiger partial charge in [0.05, 0.1) is 12.6 Å². The number of β-amino-alcohol motifs (C(OH)–C–C–N with tert-alkyl or cyclic N) is 1. The number of carbonyl (C=O) groups is 1. The average molecular weight is 482 g/mol. The van der Waals surface area contributed by atoms with Crippen molar-refractivity contribution in [3.05, 3.63) is 82.3 Å². The molecule has 5 rings (SSSR count). The largest absolute Gasteiger partial charge is 0.390 e.